The van der Waals surface area contributed by atoms with Gasteiger partial charge >= 0.3 is 6.03 Å². The fraction of sp³-hybridized carbons (Fsp3) is 0.333. The number of aromatic hydroxyl groups is 1. The largest absolute Gasteiger partial charge is 0.508 e. The van der Waals surface area contributed by atoms with Gasteiger partial charge in [0.2, 0.25) is 0 Å². The summed E-state index contributed by atoms with van der Waals surface area (Å²) in [5, 5.41) is 15.9. The Kier molecular flexibility index (Phi) is 5.16. The molecule has 0 aliphatic carbocycles. The SMILES string of the molecule is Cc1ncc(CNC(=O)NC(C)Cc2ccc(O)cc2)s1. The second kappa shape index (κ2) is 7.08. The number of nitrogens with one attached hydrogen (secondary N) is 2. The van der Waals surface area contributed by atoms with Gasteiger partial charge in [-0.15, -0.1) is 11.3 Å². The first-order chi connectivity index (χ1) is 10.0. The molecule has 112 valence electrons. The number of nitrogens with zero attached hydrogens (tertiary/aromatic N) is 1. The Morgan fingerprint density at radius 2 is 2.10 bits per heavy atom. The summed E-state index contributed by atoms with van der Waals surface area (Å²) in [5.74, 6) is 0.247. The van der Waals surface area contributed by atoms with Crippen molar-refractivity contribution in [3.8, 4) is 5.75 Å². The lowest BCUT2D eigenvalue weighted by Gasteiger charge is -2.14. The average Bonchev–Trinajstić information content (AvgIpc) is 2.85. The van der Waals surface area contributed by atoms with E-state index in [2.05, 4.69) is 15.6 Å². The van der Waals surface area contributed by atoms with Crippen molar-refractivity contribution in [2.45, 2.75) is 32.9 Å². The van der Waals surface area contributed by atoms with Crippen molar-refractivity contribution in [3.05, 3.63) is 45.9 Å². The highest BCUT2D eigenvalue weighted by molar-refractivity contribution is 7.11. The molecule has 5 nitrogen and oxygen atoms in total. The molecule has 0 aliphatic heterocycles. The molecular formula is C15H19N3O2S. The van der Waals surface area contributed by atoms with Crippen LogP contribution in [0, 0.1) is 6.92 Å². The van der Waals surface area contributed by atoms with Crippen LogP contribution in [0.25, 0.3) is 0 Å². The van der Waals surface area contributed by atoms with Gasteiger partial charge in [-0.3, -0.25) is 0 Å². The van der Waals surface area contributed by atoms with Gasteiger partial charge in [0.15, 0.2) is 0 Å². The van der Waals surface area contributed by atoms with Gasteiger partial charge < -0.3 is 15.7 Å². The number of thiazole rings is 1. The zero-order valence-electron chi connectivity index (χ0n) is 12.1. The Hall–Kier alpha value is -2.08. The molecule has 0 bridgehead atoms. The van der Waals surface area contributed by atoms with Crippen LogP contribution in [0.2, 0.25) is 0 Å². The van der Waals surface area contributed by atoms with Crippen LogP contribution in [0.4, 0.5) is 4.79 Å². The number of hydrogen-bond donors (Lipinski definition) is 3. The maximum atomic E-state index is 11.8. The molecule has 0 radical (unpaired) electrons. The van der Waals surface area contributed by atoms with Crippen molar-refractivity contribution in [3.63, 3.8) is 0 Å². The van der Waals surface area contributed by atoms with Gasteiger partial charge in [-0.25, -0.2) is 9.78 Å². The Morgan fingerprint density at radius 3 is 2.71 bits per heavy atom. The molecule has 0 fully saturated rings. The minimum absolute atomic E-state index is 0.0118. The molecule has 1 heterocycles. The summed E-state index contributed by atoms with van der Waals surface area (Å²) in [7, 11) is 0. The van der Waals surface area contributed by atoms with Crippen LogP contribution in [-0.4, -0.2) is 22.2 Å². The highest BCUT2D eigenvalue weighted by Gasteiger charge is 2.08. The number of urea groups is 1. The molecule has 1 aromatic carbocycles. The molecule has 1 unspecified atom stereocenters. The van der Waals surface area contributed by atoms with Crippen molar-refractivity contribution < 1.29 is 9.90 Å². The van der Waals surface area contributed by atoms with Crippen LogP contribution < -0.4 is 10.6 Å². The van der Waals surface area contributed by atoms with E-state index < -0.39 is 0 Å². The number of carbonyl (C=O) groups excluding carboxylic acids is 1. The quantitative estimate of drug-likeness (QED) is 0.795. The topological polar surface area (TPSA) is 74.2 Å². The van der Waals surface area contributed by atoms with Gasteiger partial charge in [0.25, 0.3) is 0 Å². The van der Waals surface area contributed by atoms with Crippen LogP contribution >= 0.6 is 11.3 Å². The number of benzene rings is 1. The predicted molar refractivity (Wildman–Crippen MR) is 83.5 cm³/mol. The first-order valence-corrected chi connectivity index (χ1v) is 7.58. The van der Waals surface area contributed by atoms with E-state index in [-0.39, 0.29) is 17.8 Å². The molecular weight excluding hydrogens is 286 g/mol. The maximum absolute atomic E-state index is 11.8. The first-order valence-electron chi connectivity index (χ1n) is 6.76. The van der Waals surface area contributed by atoms with Gasteiger partial charge in [0.05, 0.1) is 11.6 Å². The van der Waals surface area contributed by atoms with Crippen molar-refractivity contribution in [1.82, 2.24) is 15.6 Å². The van der Waals surface area contributed by atoms with E-state index in [1.54, 1.807) is 29.7 Å². The van der Waals surface area contributed by atoms with Crippen molar-refractivity contribution in [2.75, 3.05) is 0 Å². The van der Waals surface area contributed by atoms with E-state index in [1.165, 1.54) is 0 Å². The smallest absolute Gasteiger partial charge is 0.315 e. The summed E-state index contributed by atoms with van der Waals surface area (Å²) in [6.07, 6.45) is 2.49. The van der Waals surface area contributed by atoms with Crippen LogP contribution in [0.3, 0.4) is 0 Å². The maximum Gasteiger partial charge on any atom is 0.315 e. The monoisotopic (exact) mass is 305 g/mol. The lowest BCUT2D eigenvalue weighted by atomic mass is 10.1. The minimum Gasteiger partial charge on any atom is -0.508 e. The first kappa shape index (κ1) is 15.3. The predicted octanol–water partition coefficient (Wildman–Crippen LogP) is 2.59. The van der Waals surface area contributed by atoms with E-state index >= 15 is 0 Å². The number of amides is 2. The molecule has 1 atom stereocenters. The number of rotatable bonds is 5. The molecule has 6 heteroatoms. The van der Waals surface area contributed by atoms with Gasteiger partial charge in [0, 0.05) is 17.1 Å². The molecule has 0 saturated carbocycles. The van der Waals surface area contributed by atoms with E-state index in [4.69, 9.17) is 0 Å². The van der Waals surface area contributed by atoms with Gasteiger partial charge in [-0.2, -0.15) is 0 Å². The second-order valence-corrected chi connectivity index (χ2v) is 6.26. The van der Waals surface area contributed by atoms with Crippen LogP contribution in [0.15, 0.2) is 30.5 Å². The van der Waals surface area contributed by atoms with E-state index in [9.17, 15) is 9.90 Å². The summed E-state index contributed by atoms with van der Waals surface area (Å²) >= 11 is 1.58. The number of phenols is 1. The van der Waals surface area contributed by atoms with E-state index in [1.807, 2.05) is 26.0 Å². The normalized spacial score (nSPS) is 11.9. The summed E-state index contributed by atoms with van der Waals surface area (Å²) < 4.78 is 0. The molecule has 0 aliphatic rings. The summed E-state index contributed by atoms with van der Waals surface area (Å²) in [6.45, 7) is 4.38. The third kappa shape index (κ3) is 5.07. The van der Waals surface area contributed by atoms with Crippen LogP contribution in [-0.2, 0) is 13.0 Å². The van der Waals surface area contributed by atoms with Crippen molar-refractivity contribution in [1.29, 1.82) is 0 Å². The van der Waals surface area contributed by atoms with Gasteiger partial charge in [-0.1, -0.05) is 12.1 Å². The molecule has 2 amide bonds. The zero-order valence-corrected chi connectivity index (χ0v) is 12.9. The standard InChI is InChI=1S/C15H19N3O2S/c1-10(7-12-3-5-13(19)6-4-12)18-15(20)17-9-14-8-16-11(2)21-14/h3-6,8,10,19H,7,9H2,1-2H3,(H2,17,18,20). The number of carbonyl (C=O) groups is 1. The Labute approximate surface area is 128 Å². The lowest BCUT2D eigenvalue weighted by Crippen LogP contribution is -2.41. The van der Waals surface area contributed by atoms with E-state index in [0.717, 1.165) is 15.4 Å². The Morgan fingerprint density at radius 1 is 1.38 bits per heavy atom. The summed E-state index contributed by atoms with van der Waals surface area (Å²) in [6, 6.07) is 6.82. The number of phenolic OH excluding ortho intramolecular Hbond substituents is 1. The Balaban J connectivity index is 1.75. The van der Waals surface area contributed by atoms with Gasteiger partial charge in [0.1, 0.15) is 5.75 Å². The van der Waals surface area contributed by atoms with Gasteiger partial charge in [-0.05, 0) is 38.0 Å². The third-order valence-corrected chi connectivity index (χ3v) is 3.86. The zero-order chi connectivity index (χ0) is 15.2. The second-order valence-electron chi connectivity index (χ2n) is 4.94. The average molecular weight is 305 g/mol. The molecule has 1 aromatic heterocycles. The molecule has 3 N–H and O–H groups in total. The minimum atomic E-state index is -0.188. The van der Waals surface area contributed by atoms with E-state index in [0.29, 0.717) is 13.0 Å². The fourth-order valence-electron chi connectivity index (χ4n) is 1.97. The highest BCUT2D eigenvalue weighted by Crippen LogP contribution is 2.12. The van der Waals surface area contributed by atoms with Crippen molar-refractivity contribution >= 4 is 17.4 Å². The number of hydrogen-bond acceptors (Lipinski definition) is 4. The van der Waals surface area contributed by atoms with Crippen LogP contribution in [0.1, 0.15) is 22.4 Å². The summed E-state index contributed by atoms with van der Waals surface area (Å²) in [4.78, 5) is 17.0. The molecule has 2 rings (SSSR count). The van der Waals surface area contributed by atoms with Crippen LogP contribution in [0.5, 0.6) is 5.75 Å². The lowest BCUT2D eigenvalue weighted by molar-refractivity contribution is 0.237. The third-order valence-electron chi connectivity index (χ3n) is 2.95. The molecule has 21 heavy (non-hydrogen) atoms. The summed E-state index contributed by atoms with van der Waals surface area (Å²) in [5.41, 5.74) is 1.07. The number of aromatic nitrogens is 1. The molecule has 0 spiro atoms. The molecule has 2 aromatic rings. The fourth-order valence-corrected chi connectivity index (χ4v) is 2.70. The molecule has 0 saturated heterocycles. The Bertz CT molecular complexity index is 595. The number of aryl methyl sites for hydroxylation is 1. The van der Waals surface area contributed by atoms with Crippen molar-refractivity contribution in [2.24, 2.45) is 0 Å². The highest BCUT2D eigenvalue weighted by atomic mass is 32.1.